The predicted octanol–water partition coefficient (Wildman–Crippen LogP) is 4.20. The molecular weight excluding hydrogens is 288 g/mol. The zero-order valence-corrected chi connectivity index (χ0v) is 15.0. The van der Waals surface area contributed by atoms with E-state index >= 15 is 0 Å². The van der Waals surface area contributed by atoms with Crippen molar-refractivity contribution in [1.82, 2.24) is 0 Å². The van der Waals surface area contributed by atoms with Crippen LogP contribution in [0.25, 0.3) is 0 Å². The highest BCUT2D eigenvalue weighted by atomic mass is 16.4. The van der Waals surface area contributed by atoms with Crippen molar-refractivity contribution in [3.63, 3.8) is 0 Å². The second-order valence-electron chi connectivity index (χ2n) is 7.96. The average Bonchev–Trinajstić information content (AvgIpc) is 2.76. The number of allylic oxidation sites excluding steroid dienone is 4. The summed E-state index contributed by atoms with van der Waals surface area (Å²) in [7, 11) is 0. The molecule has 0 aromatic rings. The Bertz CT molecular complexity index is 565. The summed E-state index contributed by atoms with van der Waals surface area (Å²) in [6.07, 6.45) is 6.82. The van der Waals surface area contributed by atoms with Gasteiger partial charge in [-0.2, -0.15) is 0 Å². The lowest BCUT2D eigenvalue weighted by Crippen LogP contribution is -2.30. The molecule has 0 aliphatic heterocycles. The van der Waals surface area contributed by atoms with E-state index in [4.69, 9.17) is 0 Å². The maximum Gasteiger partial charge on any atom is 0.311 e. The first kappa shape index (κ1) is 18.0. The summed E-state index contributed by atoms with van der Waals surface area (Å²) in [5.74, 6) is -0.959. The molecule has 3 nitrogen and oxygen atoms in total. The largest absolute Gasteiger partial charge is 0.481 e. The average molecular weight is 318 g/mol. The van der Waals surface area contributed by atoms with Crippen molar-refractivity contribution in [3.8, 4) is 0 Å². The van der Waals surface area contributed by atoms with Gasteiger partial charge in [0.1, 0.15) is 0 Å². The van der Waals surface area contributed by atoms with E-state index in [1.165, 1.54) is 0 Å². The number of hydrogen-bond donors (Lipinski definition) is 2. The molecule has 0 spiro atoms. The number of aliphatic hydroxyl groups is 1. The molecule has 2 fully saturated rings. The van der Waals surface area contributed by atoms with Crippen molar-refractivity contribution in [3.05, 3.63) is 36.0 Å². The molecule has 23 heavy (non-hydrogen) atoms. The first-order valence-electron chi connectivity index (χ1n) is 8.48. The van der Waals surface area contributed by atoms with Crippen LogP contribution in [-0.4, -0.2) is 22.3 Å². The van der Waals surface area contributed by atoms with Gasteiger partial charge in [0, 0.05) is 11.8 Å². The number of rotatable bonds is 5. The van der Waals surface area contributed by atoms with Gasteiger partial charge >= 0.3 is 5.97 Å². The highest BCUT2D eigenvalue weighted by Crippen LogP contribution is 2.76. The zero-order valence-electron chi connectivity index (χ0n) is 15.0. The molecule has 2 N–H and O–H groups in total. The Morgan fingerprint density at radius 2 is 2.00 bits per heavy atom. The maximum absolute atomic E-state index is 12.3. The van der Waals surface area contributed by atoms with Crippen LogP contribution < -0.4 is 0 Å². The lowest BCUT2D eigenvalue weighted by molar-refractivity contribution is -0.147. The number of carboxylic acids is 1. The van der Waals surface area contributed by atoms with Crippen LogP contribution in [-0.2, 0) is 4.79 Å². The summed E-state index contributed by atoms with van der Waals surface area (Å²) in [5, 5.41) is 20.5. The first-order chi connectivity index (χ1) is 10.6. The van der Waals surface area contributed by atoms with Gasteiger partial charge in [-0.3, -0.25) is 4.79 Å². The summed E-state index contributed by atoms with van der Waals surface area (Å²) in [6.45, 7) is 14.2. The molecule has 0 aromatic heterocycles. The highest BCUT2D eigenvalue weighted by molar-refractivity contribution is 5.83. The van der Waals surface area contributed by atoms with Crippen LogP contribution in [0.4, 0.5) is 0 Å². The minimum atomic E-state index is -0.840. The van der Waals surface area contributed by atoms with E-state index in [2.05, 4.69) is 12.7 Å². The van der Waals surface area contributed by atoms with Gasteiger partial charge in [0.05, 0.1) is 11.5 Å². The Labute approximate surface area is 139 Å². The second-order valence-corrected chi connectivity index (χ2v) is 7.96. The first-order valence-corrected chi connectivity index (χ1v) is 8.48. The third kappa shape index (κ3) is 2.50. The van der Waals surface area contributed by atoms with E-state index < -0.39 is 17.5 Å². The van der Waals surface area contributed by atoms with Gasteiger partial charge in [0.2, 0.25) is 0 Å². The molecule has 0 amide bonds. The van der Waals surface area contributed by atoms with Crippen LogP contribution >= 0.6 is 0 Å². The summed E-state index contributed by atoms with van der Waals surface area (Å²) in [5.41, 5.74) is 0.892. The molecule has 2 rings (SSSR count). The van der Waals surface area contributed by atoms with Crippen molar-refractivity contribution in [1.29, 1.82) is 0 Å². The van der Waals surface area contributed by atoms with E-state index in [-0.39, 0.29) is 23.2 Å². The van der Waals surface area contributed by atoms with Gasteiger partial charge in [-0.1, -0.05) is 49.8 Å². The fraction of sp³-hybridized carbons (Fsp3) is 0.650. The fourth-order valence-corrected chi connectivity index (χ4v) is 4.87. The van der Waals surface area contributed by atoms with Crippen LogP contribution in [0.15, 0.2) is 36.0 Å². The smallest absolute Gasteiger partial charge is 0.311 e. The van der Waals surface area contributed by atoms with Gasteiger partial charge in [-0.15, -0.1) is 0 Å². The highest BCUT2D eigenvalue weighted by Gasteiger charge is 2.78. The lowest BCUT2D eigenvalue weighted by Gasteiger charge is -2.25. The van der Waals surface area contributed by atoms with Gasteiger partial charge in [0.15, 0.2) is 0 Å². The van der Waals surface area contributed by atoms with Gasteiger partial charge < -0.3 is 10.2 Å². The normalized spacial score (nSPS) is 38.8. The molecule has 0 radical (unpaired) electrons. The topological polar surface area (TPSA) is 57.5 Å². The van der Waals surface area contributed by atoms with E-state index in [1.807, 2.05) is 46.8 Å². The Hall–Kier alpha value is -1.35. The third-order valence-corrected chi connectivity index (χ3v) is 6.15. The SMILES string of the molecule is C=C1[C@@H](CC=CC)[C@@H](O)C[C@H]1[C@]1(C(=O)O)[C@H](C=C(C)C)C1(C)C. The molecular formula is C20H30O3. The minimum Gasteiger partial charge on any atom is -0.481 e. The predicted molar refractivity (Wildman–Crippen MR) is 92.9 cm³/mol. The van der Waals surface area contributed by atoms with Gasteiger partial charge in [-0.25, -0.2) is 0 Å². The quantitative estimate of drug-likeness (QED) is 0.747. The van der Waals surface area contributed by atoms with Crippen molar-refractivity contribution in [2.24, 2.45) is 28.6 Å². The van der Waals surface area contributed by atoms with E-state index in [0.717, 1.165) is 17.6 Å². The molecule has 2 saturated carbocycles. The molecule has 0 heterocycles. The van der Waals surface area contributed by atoms with Crippen LogP contribution in [0.5, 0.6) is 0 Å². The van der Waals surface area contributed by atoms with Crippen LogP contribution in [0.3, 0.4) is 0 Å². The Morgan fingerprint density at radius 1 is 1.39 bits per heavy atom. The summed E-state index contributed by atoms with van der Waals surface area (Å²) >= 11 is 0. The van der Waals surface area contributed by atoms with Gasteiger partial charge in [0.25, 0.3) is 0 Å². The Morgan fingerprint density at radius 3 is 2.48 bits per heavy atom. The molecule has 5 atom stereocenters. The van der Waals surface area contributed by atoms with Crippen molar-refractivity contribution in [2.45, 2.75) is 53.6 Å². The number of carbonyl (C=O) groups is 1. The van der Waals surface area contributed by atoms with Crippen molar-refractivity contribution >= 4 is 5.97 Å². The summed E-state index contributed by atoms with van der Waals surface area (Å²) in [4.78, 5) is 12.3. The van der Waals surface area contributed by atoms with Crippen LogP contribution in [0.1, 0.15) is 47.5 Å². The summed E-state index contributed by atoms with van der Waals surface area (Å²) in [6, 6.07) is 0. The molecule has 0 bridgehead atoms. The van der Waals surface area contributed by atoms with E-state index in [0.29, 0.717) is 6.42 Å². The molecule has 2 aliphatic rings. The molecule has 0 saturated heterocycles. The van der Waals surface area contributed by atoms with Crippen LogP contribution in [0, 0.1) is 28.6 Å². The number of aliphatic hydroxyl groups excluding tert-OH is 1. The molecule has 128 valence electrons. The number of hydrogen-bond acceptors (Lipinski definition) is 2. The minimum absolute atomic E-state index is 0.00748. The summed E-state index contributed by atoms with van der Waals surface area (Å²) < 4.78 is 0. The van der Waals surface area contributed by atoms with E-state index in [1.54, 1.807) is 0 Å². The monoisotopic (exact) mass is 318 g/mol. The fourth-order valence-electron chi connectivity index (χ4n) is 4.87. The Balaban J connectivity index is 2.40. The number of carboxylic acid groups (broad SMARTS) is 1. The maximum atomic E-state index is 12.3. The van der Waals surface area contributed by atoms with E-state index in [9.17, 15) is 15.0 Å². The lowest BCUT2D eigenvalue weighted by atomic mass is 9.77. The van der Waals surface area contributed by atoms with Crippen molar-refractivity contribution in [2.75, 3.05) is 0 Å². The second kappa shape index (κ2) is 5.94. The zero-order chi connectivity index (χ0) is 17.6. The number of aliphatic carboxylic acids is 1. The standard InChI is InChI=1S/C20H30O3/c1-7-8-9-14-13(4)15(11-16(14)21)20(18(22)23)17(10-12(2)3)19(20,5)6/h7-8,10,14-17,21H,4,9,11H2,1-3,5-6H3,(H,22,23)/t14-,15-,16+,17-,20-/m1/s1. The van der Waals surface area contributed by atoms with Crippen molar-refractivity contribution < 1.29 is 15.0 Å². The van der Waals surface area contributed by atoms with Crippen LogP contribution in [0.2, 0.25) is 0 Å². The van der Waals surface area contributed by atoms with Gasteiger partial charge in [-0.05, 0) is 44.9 Å². The Kier molecular flexibility index (Phi) is 4.64. The molecule has 0 aromatic carbocycles. The molecule has 0 unspecified atom stereocenters. The molecule has 3 heteroatoms. The molecule has 2 aliphatic carbocycles. The third-order valence-electron chi connectivity index (χ3n) is 6.15.